The van der Waals surface area contributed by atoms with Crippen molar-refractivity contribution in [1.29, 1.82) is 0 Å². The lowest BCUT2D eigenvalue weighted by molar-refractivity contribution is 0.102. The number of fused-ring (bicyclic) bond motifs is 1. The van der Waals surface area contributed by atoms with Crippen LogP contribution in [-0.2, 0) is 13.0 Å². The number of nitrogens with one attached hydrogen (secondary N) is 2. The number of hydrogen-bond donors (Lipinski definition) is 2. The van der Waals surface area contributed by atoms with Crippen LogP contribution in [0, 0.1) is 0 Å². The topological polar surface area (TPSA) is 74.3 Å². The number of aromatic nitrogens is 1. The third-order valence-corrected chi connectivity index (χ3v) is 6.37. The SMILES string of the molecule is O=C(Nc1ccc(C(=O)Nc2nccs2)cc1)c1ccc(N2CCc3ccccc3C2)cc1. The van der Waals surface area contributed by atoms with E-state index in [0.29, 0.717) is 21.9 Å². The number of benzene rings is 3. The molecule has 3 aromatic carbocycles. The number of anilines is 3. The van der Waals surface area contributed by atoms with Gasteiger partial charge in [-0.05, 0) is 66.1 Å². The second kappa shape index (κ2) is 9.26. The van der Waals surface area contributed by atoms with E-state index < -0.39 is 0 Å². The molecule has 1 aromatic heterocycles. The van der Waals surface area contributed by atoms with Crippen LogP contribution in [0.5, 0.6) is 0 Å². The van der Waals surface area contributed by atoms with E-state index in [1.807, 2.05) is 24.3 Å². The fourth-order valence-corrected chi connectivity index (χ4v) is 4.43. The van der Waals surface area contributed by atoms with E-state index in [4.69, 9.17) is 0 Å². The molecule has 2 amide bonds. The average molecular weight is 455 g/mol. The zero-order valence-corrected chi connectivity index (χ0v) is 18.6. The Morgan fingerprint density at radius 2 is 1.48 bits per heavy atom. The van der Waals surface area contributed by atoms with Crippen LogP contribution >= 0.6 is 11.3 Å². The highest BCUT2D eigenvalue weighted by atomic mass is 32.1. The number of carbonyl (C=O) groups is 2. The Kier molecular flexibility index (Phi) is 5.87. The highest BCUT2D eigenvalue weighted by molar-refractivity contribution is 7.13. The highest BCUT2D eigenvalue weighted by Gasteiger charge is 2.16. The van der Waals surface area contributed by atoms with E-state index in [2.05, 4.69) is 44.8 Å². The minimum atomic E-state index is -0.237. The summed E-state index contributed by atoms with van der Waals surface area (Å²) in [7, 11) is 0. The molecule has 0 fully saturated rings. The monoisotopic (exact) mass is 454 g/mol. The quantitative estimate of drug-likeness (QED) is 0.434. The molecule has 1 aliphatic heterocycles. The molecule has 33 heavy (non-hydrogen) atoms. The number of carbonyl (C=O) groups excluding carboxylic acids is 2. The van der Waals surface area contributed by atoms with Crippen LogP contribution in [0.4, 0.5) is 16.5 Å². The Morgan fingerprint density at radius 1 is 0.818 bits per heavy atom. The van der Waals surface area contributed by atoms with Crippen LogP contribution < -0.4 is 15.5 Å². The van der Waals surface area contributed by atoms with Crippen LogP contribution in [0.2, 0.25) is 0 Å². The normalized spacial score (nSPS) is 12.7. The molecule has 4 aromatic rings. The molecule has 7 heteroatoms. The largest absolute Gasteiger partial charge is 0.367 e. The van der Waals surface area contributed by atoms with E-state index in [1.54, 1.807) is 35.8 Å². The van der Waals surface area contributed by atoms with Gasteiger partial charge in [0.05, 0.1) is 0 Å². The van der Waals surface area contributed by atoms with Crippen molar-refractivity contribution < 1.29 is 9.59 Å². The van der Waals surface area contributed by atoms with Crippen molar-refractivity contribution in [2.24, 2.45) is 0 Å². The standard InChI is InChI=1S/C26H22N4O2S/c31-24(28-22-9-5-19(6-10-22)25(32)29-26-27-14-16-33-26)20-7-11-23(12-8-20)30-15-13-18-3-1-2-4-21(18)17-30/h1-12,14,16H,13,15,17H2,(H,28,31)(H,27,29,32). The molecular weight excluding hydrogens is 432 g/mol. The Hall–Kier alpha value is -3.97. The first-order valence-corrected chi connectivity index (χ1v) is 11.6. The average Bonchev–Trinajstić information content (AvgIpc) is 3.37. The predicted octanol–water partition coefficient (Wildman–Crippen LogP) is 5.21. The van der Waals surface area contributed by atoms with E-state index in [-0.39, 0.29) is 11.8 Å². The molecule has 0 spiro atoms. The first kappa shape index (κ1) is 20.9. The van der Waals surface area contributed by atoms with Gasteiger partial charge in [0.2, 0.25) is 0 Å². The van der Waals surface area contributed by atoms with E-state index in [9.17, 15) is 9.59 Å². The molecule has 0 saturated heterocycles. The lowest BCUT2D eigenvalue weighted by Gasteiger charge is -2.30. The Labute approximate surface area is 195 Å². The summed E-state index contributed by atoms with van der Waals surface area (Å²) in [4.78, 5) is 31.3. The Morgan fingerprint density at radius 3 is 2.18 bits per heavy atom. The summed E-state index contributed by atoms with van der Waals surface area (Å²) in [5.74, 6) is -0.427. The minimum Gasteiger partial charge on any atom is -0.367 e. The van der Waals surface area contributed by atoms with Gasteiger partial charge in [-0.2, -0.15) is 0 Å². The van der Waals surface area contributed by atoms with Gasteiger partial charge in [0, 0.05) is 47.2 Å². The van der Waals surface area contributed by atoms with Crippen molar-refractivity contribution in [2.75, 3.05) is 22.1 Å². The zero-order valence-electron chi connectivity index (χ0n) is 17.8. The summed E-state index contributed by atoms with van der Waals surface area (Å²) >= 11 is 1.36. The number of thiazole rings is 1. The van der Waals surface area contributed by atoms with E-state index in [0.717, 1.165) is 25.2 Å². The van der Waals surface area contributed by atoms with Crippen molar-refractivity contribution in [2.45, 2.75) is 13.0 Å². The first-order valence-electron chi connectivity index (χ1n) is 10.7. The maximum Gasteiger partial charge on any atom is 0.257 e. The third kappa shape index (κ3) is 4.78. The molecule has 0 unspecified atom stereocenters. The van der Waals surface area contributed by atoms with Gasteiger partial charge in [0.1, 0.15) is 0 Å². The fraction of sp³-hybridized carbons (Fsp3) is 0.115. The van der Waals surface area contributed by atoms with Gasteiger partial charge in [-0.25, -0.2) is 4.98 Å². The first-order chi connectivity index (χ1) is 16.2. The van der Waals surface area contributed by atoms with Crippen LogP contribution in [0.25, 0.3) is 0 Å². The van der Waals surface area contributed by atoms with Crippen LogP contribution in [0.15, 0.2) is 84.4 Å². The van der Waals surface area contributed by atoms with Gasteiger partial charge in [0.25, 0.3) is 11.8 Å². The molecule has 1 aliphatic rings. The molecule has 0 aliphatic carbocycles. The van der Waals surface area contributed by atoms with Gasteiger partial charge in [-0.15, -0.1) is 11.3 Å². The van der Waals surface area contributed by atoms with Gasteiger partial charge in [-0.1, -0.05) is 24.3 Å². The Balaban J connectivity index is 1.20. The summed E-state index contributed by atoms with van der Waals surface area (Å²) in [6, 6.07) is 23.0. The third-order valence-electron chi connectivity index (χ3n) is 5.68. The molecule has 0 atom stereocenters. The van der Waals surface area contributed by atoms with Crippen molar-refractivity contribution in [3.8, 4) is 0 Å². The highest BCUT2D eigenvalue weighted by Crippen LogP contribution is 2.25. The maximum atomic E-state index is 12.7. The lowest BCUT2D eigenvalue weighted by atomic mass is 9.99. The van der Waals surface area contributed by atoms with Gasteiger partial charge < -0.3 is 10.2 Å². The molecule has 5 rings (SSSR count). The molecule has 2 heterocycles. The minimum absolute atomic E-state index is 0.189. The number of nitrogens with zero attached hydrogens (tertiary/aromatic N) is 2. The molecule has 164 valence electrons. The molecule has 0 bridgehead atoms. The Bertz CT molecular complexity index is 1270. The fourth-order valence-electron chi connectivity index (χ4n) is 3.90. The van der Waals surface area contributed by atoms with Crippen molar-refractivity contribution in [1.82, 2.24) is 4.98 Å². The molecular formula is C26H22N4O2S. The molecule has 0 radical (unpaired) electrons. The molecule has 0 saturated carbocycles. The van der Waals surface area contributed by atoms with E-state index in [1.165, 1.54) is 22.5 Å². The predicted molar refractivity (Wildman–Crippen MR) is 132 cm³/mol. The van der Waals surface area contributed by atoms with Gasteiger partial charge >= 0.3 is 0 Å². The summed E-state index contributed by atoms with van der Waals surface area (Å²) in [6.07, 6.45) is 2.66. The number of rotatable bonds is 5. The van der Waals surface area contributed by atoms with Crippen LogP contribution in [-0.4, -0.2) is 23.3 Å². The van der Waals surface area contributed by atoms with Crippen molar-refractivity contribution in [3.05, 3.63) is 107 Å². The molecule has 6 nitrogen and oxygen atoms in total. The van der Waals surface area contributed by atoms with E-state index >= 15 is 0 Å². The summed E-state index contributed by atoms with van der Waals surface area (Å²) in [5.41, 5.74) is 5.59. The zero-order chi connectivity index (χ0) is 22.6. The summed E-state index contributed by atoms with van der Waals surface area (Å²) < 4.78 is 0. The van der Waals surface area contributed by atoms with Gasteiger partial charge in [0.15, 0.2) is 5.13 Å². The van der Waals surface area contributed by atoms with Crippen molar-refractivity contribution in [3.63, 3.8) is 0 Å². The number of amides is 2. The number of hydrogen-bond acceptors (Lipinski definition) is 5. The van der Waals surface area contributed by atoms with Gasteiger partial charge in [-0.3, -0.25) is 14.9 Å². The lowest BCUT2D eigenvalue weighted by Crippen LogP contribution is -2.30. The summed E-state index contributed by atoms with van der Waals surface area (Å²) in [6.45, 7) is 1.84. The second-order valence-corrected chi connectivity index (χ2v) is 8.70. The van der Waals surface area contributed by atoms with Crippen LogP contribution in [0.3, 0.4) is 0 Å². The smallest absolute Gasteiger partial charge is 0.257 e. The van der Waals surface area contributed by atoms with Crippen LogP contribution in [0.1, 0.15) is 31.8 Å². The molecule has 2 N–H and O–H groups in total. The summed E-state index contributed by atoms with van der Waals surface area (Å²) in [5, 5.41) is 7.98. The second-order valence-electron chi connectivity index (χ2n) is 7.81. The van der Waals surface area contributed by atoms with Crippen molar-refractivity contribution >= 4 is 39.7 Å². The maximum absolute atomic E-state index is 12.7.